The van der Waals surface area contributed by atoms with Crippen molar-refractivity contribution in [3.63, 3.8) is 0 Å². The maximum atomic E-state index is 12.9. The van der Waals surface area contributed by atoms with E-state index < -0.39 is 5.43 Å². The van der Waals surface area contributed by atoms with Gasteiger partial charge in [-0.25, -0.2) is 10.4 Å². The van der Waals surface area contributed by atoms with Gasteiger partial charge in [-0.05, 0) is 67.8 Å². The minimum Gasteiger partial charge on any atom is -0.503 e. The molecule has 6 rings (SSSR count). The molecule has 6 aromatic rings. The van der Waals surface area contributed by atoms with Gasteiger partial charge in [0.25, 0.3) is 5.91 Å². The van der Waals surface area contributed by atoms with Gasteiger partial charge in [-0.15, -0.1) is 11.3 Å². The molecule has 1 aromatic carbocycles. The normalized spacial score (nSPS) is 11.4. The highest BCUT2D eigenvalue weighted by Crippen LogP contribution is 2.29. The Labute approximate surface area is 266 Å². The number of hydrazine groups is 1. The Bertz CT molecular complexity index is 1980. The third kappa shape index (κ3) is 6.67. The summed E-state index contributed by atoms with van der Waals surface area (Å²) in [5.74, 6) is 0.519. The van der Waals surface area contributed by atoms with Gasteiger partial charge in [-0.2, -0.15) is 21.3 Å². The van der Waals surface area contributed by atoms with Crippen molar-refractivity contribution in [3.8, 4) is 17.0 Å². The molecule has 5 heterocycles. The number of aromatic hydroxyl groups is 1. The Morgan fingerprint density at radius 3 is 2.76 bits per heavy atom. The number of rotatable bonds is 13. The van der Waals surface area contributed by atoms with E-state index in [0.717, 1.165) is 18.5 Å². The second-order valence-corrected chi connectivity index (χ2v) is 12.5. The van der Waals surface area contributed by atoms with Crippen LogP contribution in [0.15, 0.2) is 63.7 Å². The lowest BCUT2D eigenvalue weighted by molar-refractivity contribution is 0.0953. The monoisotopic (exact) mass is 643 g/mol. The number of unbranched alkanes of at least 4 members (excludes halogenated alkanes) is 1. The molecule has 232 valence electrons. The van der Waals surface area contributed by atoms with Gasteiger partial charge in [-0.3, -0.25) is 9.59 Å². The number of H-pyrrole nitrogens is 1. The van der Waals surface area contributed by atoms with E-state index in [1.54, 1.807) is 35.9 Å². The lowest BCUT2D eigenvalue weighted by Gasteiger charge is -2.12. The molecule has 45 heavy (non-hydrogen) atoms. The van der Waals surface area contributed by atoms with Crippen molar-refractivity contribution < 1.29 is 9.90 Å². The molecule has 0 atom stereocenters. The first-order chi connectivity index (χ1) is 21.9. The van der Waals surface area contributed by atoms with Gasteiger partial charge in [-0.1, -0.05) is 6.07 Å². The van der Waals surface area contributed by atoms with E-state index in [9.17, 15) is 14.7 Å². The zero-order chi connectivity index (χ0) is 31.3. The fourth-order valence-electron chi connectivity index (χ4n) is 4.88. The largest absolute Gasteiger partial charge is 0.503 e. The standard InChI is InChI=1S/C31H33N9O3S2/c1-18(2)40-17-34-25-28(39-35-15-21-6-5-12-45-21)37-31(38-29(25)40)33-11-4-3-10-32-30(43)19-7-8-22-23(14-19)36-24(27(42)26(22)41)20-9-13-44-16-20/h5-9,12-14,16-18,35,42H,3-4,10-11,15H2,1-2H3,(H,32,43)(H,36,41)(H2,33,37,38,39). The minimum atomic E-state index is -0.473. The second kappa shape index (κ2) is 13.5. The highest BCUT2D eigenvalue weighted by Gasteiger charge is 2.16. The van der Waals surface area contributed by atoms with E-state index in [1.807, 2.05) is 32.8 Å². The molecule has 0 aliphatic heterocycles. The number of fused-ring (bicyclic) bond motifs is 2. The van der Waals surface area contributed by atoms with Crippen molar-refractivity contribution >= 4 is 62.4 Å². The summed E-state index contributed by atoms with van der Waals surface area (Å²) in [5.41, 5.74) is 9.34. The lowest BCUT2D eigenvalue weighted by atomic mass is 10.1. The van der Waals surface area contributed by atoms with E-state index in [4.69, 9.17) is 4.98 Å². The number of pyridine rings is 1. The Morgan fingerprint density at radius 2 is 1.98 bits per heavy atom. The molecule has 0 fully saturated rings. The molecule has 0 aliphatic rings. The van der Waals surface area contributed by atoms with Crippen LogP contribution in [-0.2, 0) is 6.54 Å². The van der Waals surface area contributed by atoms with Crippen molar-refractivity contribution in [1.82, 2.24) is 35.2 Å². The third-order valence-corrected chi connectivity index (χ3v) is 8.81. The maximum absolute atomic E-state index is 12.9. The van der Waals surface area contributed by atoms with Crippen molar-refractivity contribution in [2.75, 3.05) is 23.8 Å². The maximum Gasteiger partial charge on any atom is 0.251 e. The van der Waals surface area contributed by atoms with Gasteiger partial charge in [0.1, 0.15) is 0 Å². The number of benzene rings is 1. The minimum absolute atomic E-state index is 0.186. The Kier molecular flexibility index (Phi) is 9.05. The van der Waals surface area contributed by atoms with E-state index >= 15 is 0 Å². The summed E-state index contributed by atoms with van der Waals surface area (Å²) in [4.78, 5) is 43.8. The first-order valence-electron chi connectivity index (χ1n) is 14.6. The van der Waals surface area contributed by atoms with Crippen LogP contribution in [0.25, 0.3) is 33.3 Å². The SMILES string of the molecule is CC(C)n1cnc2c(NNCc3cccs3)nc(NCCCCNC(=O)c3ccc4c(=O)c(O)c(-c5ccsc5)[nH]c4c3)nc21. The van der Waals surface area contributed by atoms with Crippen LogP contribution in [0.1, 0.15) is 48.0 Å². The van der Waals surface area contributed by atoms with E-state index in [2.05, 4.69) is 56.4 Å². The van der Waals surface area contributed by atoms with Gasteiger partial charge >= 0.3 is 0 Å². The summed E-state index contributed by atoms with van der Waals surface area (Å²) >= 11 is 3.14. The average Bonchev–Trinajstić information content (AvgIpc) is 3.83. The summed E-state index contributed by atoms with van der Waals surface area (Å²) in [6.45, 7) is 5.91. The van der Waals surface area contributed by atoms with Crippen LogP contribution in [0.5, 0.6) is 5.75 Å². The van der Waals surface area contributed by atoms with E-state index in [-0.39, 0.29) is 17.7 Å². The molecule has 0 spiro atoms. The number of carbonyl (C=O) groups is 1. The molecule has 5 aromatic heterocycles. The number of anilines is 2. The smallest absolute Gasteiger partial charge is 0.251 e. The number of aromatic nitrogens is 5. The Hall–Kier alpha value is -4.79. The quantitative estimate of drug-likeness (QED) is 0.0707. The van der Waals surface area contributed by atoms with Gasteiger partial charge < -0.3 is 30.7 Å². The molecule has 0 saturated heterocycles. The fraction of sp³-hybridized carbons (Fsp3) is 0.258. The predicted molar refractivity (Wildman–Crippen MR) is 180 cm³/mol. The van der Waals surface area contributed by atoms with Crippen LogP contribution in [0.3, 0.4) is 0 Å². The third-order valence-electron chi connectivity index (χ3n) is 7.25. The number of carbonyl (C=O) groups excluding carboxylic acids is 1. The van der Waals surface area contributed by atoms with Gasteiger partial charge in [0, 0.05) is 52.4 Å². The number of nitrogens with zero attached hydrogens (tertiary/aromatic N) is 4. The summed E-state index contributed by atoms with van der Waals surface area (Å²) in [6, 6.07) is 10.9. The highest BCUT2D eigenvalue weighted by atomic mass is 32.1. The van der Waals surface area contributed by atoms with Crippen molar-refractivity contribution in [2.45, 2.75) is 39.3 Å². The number of imidazole rings is 1. The molecule has 0 saturated carbocycles. The van der Waals surface area contributed by atoms with Crippen LogP contribution in [0, 0.1) is 0 Å². The number of amides is 1. The number of nitrogens with one attached hydrogen (secondary N) is 5. The van der Waals surface area contributed by atoms with Crippen molar-refractivity contribution in [2.24, 2.45) is 0 Å². The topological polar surface area (TPSA) is 162 Å². The highest BCUT2D eigenvalue weighted by molar-refractivity contribution is 7.09. The Balaban J connectivity index is 1.04. The van der Waals surface area contributed by atoms with Crippen LogP contribution in [0.4, 0.5) is 11.8 Å². The lowest BCUT2D eigenvalue weighted by Crippen LogP contribution is -2.25. The van der Waals surface area contributed by atoms with Gasteiger partial charge in [0.15, 0.2) is 22.7 Å². The number of hydrogen-bond donors (Lipinski definition) is 6. The fourth-order valence-corrected chi connectivity index (χ4v) is 6.17. The molecule has 0 aliphatic carbocycles. The van der Waals surface area contributed by atoms with Crippen molar-refractivity contribution in [3.05, 3.63) is 79.5 Å². The van der Waals surface area contributed by atoms with Crippen LogP contribution in [-0.4, -0.2) is 48.6 Å². The molecular formula is C31H33N9O3S2. The summed E-state index contributed by atoms with van der Waals surface area (Å²) in [5, 5.41) is 22.7. The first kappa shape index (κ1) is 30.2. The molecule has 0 radical (unpaired) electrons. The number of aromatic amines is 1. The molecular weight excluding hydrogens is 611 g/mol. The molecule has 6 N–H and O–H groups in total. The zero-order valence-corrected chi connectivity index (χ0v) is 26.4. The summed E-state index contributed by atoms with van der Waals surface area (Å²) in [7, 11) is 0. The summed E-state index contributed by atoms with van der Waals surface area (Å²) in [6.07, 6.45) is 3.29. The number of hydrogen-bond acceptors (Lipinski definition) is 11. The molecule has 12 nitrogen and oxygen atoms in total. The van der Waals surface area contributed by atoms with Crippen LogP contribution >= 0.6 is 22.7 Å². The van der Waals surface area contributed by atoms with E-state index in [0.29, 0.717) is 64.6 Å². The summed E-state index contributed by atoms with van der Waals surface area (Å²) < 4.78 is 2.01. The second-order valence-electron chi connectivity index (χ2n) is 10.7. The van der Waals surface area contributed by atoms with Gasteiger partial charge in [0.2, 0.25) is 11.4 Å². The first-order valence-corrected chi connectivity index (χ1v) is 16.4. The van der Waals surface area contributed by atoms with Crippen LogP contribution < -0.4 is 26.9 Å². The van der Waals surface area contributed by atoms with Crippen LogP contribution in [0.2, 0.25) is 0 Å². The number of thiophene rings is 2. The molecule has 0 bridgehead atoms. The van der Waals surface area contributed by atoms with E-state index in [1.165, 1.54) is 16.2 Å². The van der Waals surface area contributed by atoms with Crippen molar-refractivity contribution in [1.29, 1.82) is 0 Å². The zero-order valence-electron chi connectivity index (χ0n) is 24.8. The van der Waals surface area contributed by atoms with Gasteiger partial charge in [0.05, 0.1) is 17.5 Å². The molecule has 0 unspecified atom stereocenters. The molecule has 1 amide bonds. The Morgan fingerprint density at radius 1 is 1.11 bits per heavy atom. The predicted octanol–water partition coefficient (Wildman–Crippen LogP) is 5.48. The molecule has 14 heteroatoms. The average molecular weight is 644 g/mol.